The van der Waals surface area contributed by atoms with Crippen LogP contribution in [0.1, 0.15) is 27.8 Å². The zero-order chi connectivity index (χ0) is 39.6. The van der Waals surface area contributed by atoms with Crippen LogP contribution in [0.3, 0.4) is 0 Å². The maximum atomic E-state index is 6.84. The van der Waals surface area contributed by atoms with Gasteiger partial charge in [-0.2, -0.15) is 0 Å². The number of rotatable bonds is 7. The van der Waals surface area contributed by atoms with Crippen molar-refractivity contribution in [3.63, 3.8) is 0 Å². The number of anilines is 2. The maximum Gasteiger partial charge on any atom is 0.137 e. The molecule has 0 amide bonds. The zero-order valence-corrected chi connectivity index (χ0v) is 33.9. The van der Waals surface area contributed by atoms with Crippen LogP contribution in [-0.4, -0.2) is 16.2 Å². The van der Waals surface area contributed by atoms with Crippen LogP contribution >= 0.6 is 11.3 Å². The van der Waals surface area contributed by atoms with E-state index in [1.54, 1.807) is 0 Å². The molecular formula is C53H40N4OS. The number of fused-ring (bicyclic) bond motifs is 7. The predicted octanol–water partition coefficient (Wildman–Crippen LogP) is 14.1. The summed E-state index contributed by atoms with van der Waals surface area (Å²) in [5.41, 5.74) is 13.0. The van der Waals surface area contributed by atoms with Crippen LogP contribution in [0.5, 0.6) is 11.5 Å². The molecule has 1 aliphatic heterocycles. The molecule has 0 aliphatic carbocycles. The Hall–Kier alpha value is -7.15. The first-order valence-electron chi connectivity index (χ1n) is 20.1. The van der Waals surface area contributed by atoms with E-state index in [4.69, 9.17) is 9.72 Å². The first kappa shape index (κ1) is 35.0. The monoisotopic (exact) mass is 780 g/mol. The van der Waals surface area contributed by atoms with Crippen LogP contribution in [0.4, 0.5) is 11.4 Å². The predicted molar refractivity (Wildman–Crippen MR) is 248 cm³/mol. The number of hydrogen-bond acceptors (Lipinski definition) is 5. The highest BCUT2D eigenvalue weighted by Gasteiger charge is 2.34. The molecule has 5 nitrogen and oxygen atoms in total. The quantitative estimate of drug-likeness (QED) is 0.161. The van der Waals surface area contributed by atoms with Gasteiger partial charge in [0, 0.05) is 71.8 Å². The fourth-order valence-corrected chi connectivity index (χ4v) is 10.3. The third-order valence-corrected chi connectivity index (χ3v) is 12.7. The standard InChI is InChI=1S/C53H40N4OS/c1-34-29-35(2)50(36(3)30-34)56-33-55(51(37-15-6-4-7-16-37)52(56)38-17-8-5-9-18-38)39-19-14-20-40(31-39)58-41-24-25-42-43-26-27-47-49(44-21-10-11-22-46(44)59-47)53(43)57(45(42)32-41)48-23-12-13-28-54-48/h4-32H,33H2,1-3H3. The van der Waals surface area contributed by atoms with Crippen molar-refractivity contribution in [1.29, 1.82) is 0 Å². The molecule has 7 aromatic carbocycles. The molecule has 11 rings (SSSR count). The Kier molecular flexibility index (Phi) is 8.34. The second kappa shape index (κ2) is 14.0. The van der Waals surface area contributed by atoms with Crippen LogP contribution in [0, 0.1) is 20.8 Å². The van der Waals surface area contributed by atoms with E-state index < -0.39 is 0 Å². The molecule has 284 valence electrons. The van der Waals surface area contributed by atoms with Crippen molar-refractivity contribution in [1.82, 2.24) is 9.55 Å². The van der Waals surface area contributed by atoms with E-state index in [1.807, 2.05) is 23.6 Å². The fourth-order valence-electron chi connectivity index (χ4n) is 9.24. The fraction of sp³-hybridized carbons (Fsp3) is 0.0755. The number of aryl methyl sites for hydroxylation is 3. The minimum atomic E-state index is 0.643. The van der Waals surface area contributed by atoms with Crippen molar-refractivity contribution in [3.8, 4) is 17.3 Å². The van der Waals surface area contributed by atoms with Gasteiger partial charge in [0.15, 0.2) is 0 Å². The smallest absolute Gasteiger partial charge is 0.137 e. The van der Waals surface area contributed by atoms with E-state index in [0.717, 1.165) is 45.2 Å². The van der Waals surface area contributed by atoms with Crippen LogP contribution in [0.2, 0.25) is 0 Å². The number of thiophene rings is 1. The number of benzene rings is 7. The molecule has 10 aromatic rings. The van der Waals surface area contributed by atoms with Gasteiger partial charge in [-0.25, -0.2) is 4.98 Å². The molecule has 0 bridgehead atoms. The summed E-state index contributed by atoms with van der Waals surface area (Å²) < 4.78 is 11.7. The Labute approximate surface area is 347 Å². The lowest BCUT2D eigenvalue weighted by molar-refractivity contribution is 0.483. The van der Waals surface area contributed by atoms with Crippen molar-refractivity contribution in [3.05, 3.63) is 204 Å². The average molecular weight is 781 g/mol. The molecule has 6 heteroatoms. The van der Waals surface area contributed by atoms with Gasteiger partial charge in [-0.05, 0) is 80.4 Å². The summed E-state index contributed by atoms with van der Waals surface area (Å²) in [4.78, 5) is 9.80. The van der Waals surface area contributed by atoms with Crippen molar-refractivity contribution >= 4 is 76.1 Å². The average Bonchev–Trinajstić information content (AvgIpc) is 3.94. The van der Waals surface area contributed by atoms with Crippen LogP contribution in [0.25, 0.3) is 59.2 Å². The summed E-state index contributed by atoms with van der Waals surface area (Å²) in [5, 5.41) is 4.88. The van der Waals surface area contributed by atoms with Gasteiger partial charge in [-0.1, -0.05) is 115 Å². The highest BCUT2D eigenvalue weighted by molar-refractivity contribution is 7.26. The summed E-state index contributed by atoms with van der Waals surface area (Å²) in [6.45, 7) is 7.28. The molecule has 3 aromatic heterocycles. The van der Waals surface area contributed by atoms with Crippen molar-refractivity contribution < 1.29 is 4.74 Å². The van der Waals surface area contributed by atoms with Crippen molar-refractivity contribution in [2.45, 2.75) is 20.8 Å². The number of ether oxygens (including phenoxy) is 1. The summed E-state index contributed by atoms with van der Waals surface area (Å²) in [6.07, 6.45) is 1.87. The minimum absolute atomic E-state index is 0.643. The van der Waals surface area contributed by atoms with Gasteiger partial charge in [0.1, 0.15) is 24.0 Å². The molecule has 0 saturated heterocycles. The van der Waals surface area contributed by atoms with Crippen LogP contribution in [0.15, 0.2) is 176 Å². The second-order valence-electron chi connectivity index (χ2n) is 15.4. The van der Waals surface area contributed by atoms with Gasteiger partial charge in [0.05, 0.1) is 22.4 Å². The molecule has 0 radical (unpaired) electrons. The number of hydrogen-bond donors (Lipinski definition) is 0. The van der Waals surface area contributed by atoms with E-state index in [0.29, 0.717) is 6.67 Å². The molecular weight excluding hydrogens is 741 g/mol. The number of pyridine rings is 1. The summed E-state index contributed by atoms with van der Waals surface area (Å²) in [5.74, 6) is 2.41. The zero-order valence-electron chi connectivity index (χ0n) is 33.1. The van der Waals surface area contributed by atoms with E-state index in [9.17, 15) is 0 Å². The molecule has 59 heavy (non-hydrogen) atoms. The highest BCUT2D eigenvalue weighted by atomic mass is 32.1. The highest BCUT2D eigenvalue weighted by Crippen LogP contribution is 2.47. The summed E-state index contributed by atoms with van der Waals surface area (Å²) >= 11 is 1.84. The van der Waals surface area contributed by atoms with Crippen molar-refractivity contribution in [2.75, 3.05) is 16.5 Å². The molecule has 0 saturated carbocycles. The lowest BCUT2D eigenvalue weighted by atomic mass is 10.0. The summed E-state index contributed by atoms with van der Waals surface area (Å²) in [7, 11) is 0. The Balaban J connectivity index is 1.05. The van der Waals surface area contributed by atoms with Gasteiger partial charge in [-0.15, -0.1) is 11.3 Å². The Morgan fingerprint density at radius 1 is 0.542 bits per heavy atom. The van der Waals surface area contributed by atoms with E-state index >= 15 is 0 Å². The molecule has 1 aliphatic rings. The molecule has 4 heterocycles. The normalized spacial score (nSPS) is 13.1. The largest absolute Gasteiger partial charge is 0.457 e. The first-order chi connectivity index (χ1) is 29.0. The Morgan fingerprint density at radius 2 is 1.22 bits per heavy atom. The lowest BCUT2D eigenvalue weighted by Gasteiger charge is -2.28. The molecule has 0 spiro atoms. The molecule has 0 fully saturated rings. The van der Waals surface area contributed by atoms with E-state index in [2.05, 4.69) is 199 Å². The second-order valence-corrected chi connectivity index (χ2v) is 16.5. The van der Waals surface area contributed by atoms with Crippen molar-refractivity contribution in [2.24, 2.45) is 0 Å². The number of nitrogens with zero attached hydrogens (tertiary/aromatic N) is 4. The maximum absolute atomic E-state index is 6.84. The first-order valence-corrected chi connectivity index (χ1v) is 20.9. The third-order valence-electron chi connectivity index (χ3n) is 11.5. The number of aromatic nitrogens is 2. The molecule has 0 unspecified atom stereocenters. The van der Waals surface area contributed by atoms with Gasteiger partial charge < -0.3 is 14.5 Å². The topological polar surface area (TPSA) is 33.5 Å². The van der Waals surface area contributed by atoms with Gasteiger partial charge in [0.25, 0.3) is 0 Å². The lowest BCUT2D eigenvalue weighted by Crippen LogP contribution is -2.28. The Morgan fingerprint density at radius 3 is 1.97 bits per heavy atom. The van der Waals surface area contributed by atoms with Crippen LogP contribution in [-0.2, 0) is 0 Å². The van der Waals surface area contributed by atoms with Gasteiger partial charge in [-0.3, -0.25) is 4.57 Å². The van der Waals surface area contributed by atoms with Gasteiger partial charge in [0.2, 0.25) is 0 Å². The molecule has 0 N–H and O–H groups in total. The Bertz CT molecular complexity index is 3230. The SMILES string of the molecule is Cc1cc(C)c(N2CN(c3cccc(Oc4ccc5c6ccc7sc8ccccc8c7c6n(-c6ccccn6)c5c4)c3)C(c3ccccc3)=C2c2ccccc2)c(C)c1. The third kappa shape index (κ3) is 5.86. The van der Waals surface area contributed by atoms with Gasteiger partial charge >= 0.3 is 0 Å². The van der Waals surface area contributed by atoms with E-state index in [-0.39, 0.29) is 0 Å². The van der Waals surface area contributed by atoms with Crippen LogP contribution < -0.4 is 14.5 Å². The van der Waals surface area contributed by atoms with E-state index in [1.165, 1.54) is 64.7 Å². The summed E-state index contributed by atoms with van der Waals surface area (Å²) in [6, 6.07) is 60.4. The minimum Gasteiger partial charge on any atom is -0.457 e. The molecule has 0 atom stereocenters.